The van der Waals surface area contributed by atoms with Crippen LogP contribution in [0.2, 0.25) is 36.3 Å². The van der Waals surface area contributed by atoms with E-state index in [1.54, 1.807) is 7.11 Å². The van der Waals surface area contributed by atoms with Gasteiger partial charge < -0.3 is 23.4 Å². The molecular weight excluding hydrogens is 731 g/mol. The first-order valence-electron chi connectivity index (χ1n) is 18.0. The molecule has 0 aliphatic heterocycles. The summed E-state index contributed by atoms with van der Waals surface area (Å²) in [5, 5.41) is 10.6. The smallest absolute Gasteiger partial charge is 0.192 e. The van der Waals surface area contributed by atoms with E-state index < -0.39 is 16.6 Å². The van der Waals surface area contributed by atoms with Crippen LogP contribution in [0.5, 0.6) is 5.75 Å². The Bertz CT molecular complexity index is 1050. The first-order valence-corrected chi connectivity index (χ1v) is 25.0. The molecule has 0 aliphatic carbocycles. The zero-order chi connectivity index (χ0) is 36.4. The molecule has 0 unspecified atom stereocenters. The van der Waals surface area contributed by atoms with Crippen LogP contribution < -0.4 is 4.74 Å². The van der Waals surface area contributed by atoms with Crippen molar-refractivity contribution in [2.24, 2.45) is 29.6 Å². The van der Waals surface area contributed by atoms with Crippen molar-refractivity contribution in [2.45, 2.75) is 157 Å². The standard InChI is InChI=1S/C39H73IO5Si2/c1-28(25-30(3)36(29(2)23-24-40)45-47(15,16)39(9,10)11)17-22-35(44-46(13,14)38(6,7)8)32(5)37(31(4)26-41)43-27-33-18-20-34(42-12)21-19-33/h18-21,23-24,28-32,35-37,41H,17,22,25-27H2,1-16H3/b24-23-/t28-,29+,30-,31-,32-,35+,36+,37-/m0/s1. The van der Waals surface area contributed by atoms with E-state index in [1.165, 1.54) is 0 Å². The van der Waals surface area contributed by atoms with Crippen LogP contribution in [0.4, 0.5) is 0 Å². The van der Waals surface area contributed by atoms with E-state index in [2.05, 4.69) is 147 Å². The van der Waals surface area contributed by atoms with Crippen LogP contribution in [0.25, 0.3) is 0 Å². The molecule has 1 aromatic carbocycles. The molecule has 0 aromatic heterocycles. The number of halogens is 1. The monoisotopic (exact) mass is 804 g/mol. The molecule has 0 bridgehead atoms. The first kappa shape index (κ1) is 44.8. The van der Waals surface area contributed by atoms with Gasteiger partial charge in [0, 0.05) is 18.4 Å². The number of aliphatic hydroxyl groups excluding tert-OH is 1. The Kier molecular flexibility index (Phi) is 18.5. The topological polar surface area (TPSA) is 57.2 Å². The molecule has 0 amide bonds. The number of benzene rings is 1. The molecule has 0 fully saturated rings. The highest BCUT2D eigenvalue weighted by Crippen LogP contribution is 2.42. The van der Waals surface area contributed by atoms with Gasteiger partial charge >= 0.3 is 0 Å². The third-order valence-corrected chi connectivity index (χ3v) is 20.6. The first-order chi connectivity index (χ1) is 21.5. The molecule has 47 heavy (non-hydrogen) atoms. The summed E-state index contributed by atoms with van der Waals surface area (Å²) in [5.74, 6) is 2.28. The summed E-state index contributed by atoms with van der Waals surface area (Å²) in [6, 6.07) is 8.04. The number of rotatable bonds is 20. The fourth-order valence-electron chi connectivity index (χ4n) is 5.87. The average Bonchev–Trinajstić information content (AvgIpc) is 2.96. The molecule has 0 saturated heterocycles. The minimum absolute atomic E-state index is 0.00750. The molecule has 1 N–H and O–H groups in total. The quantitative estimate of drug-likeness (QED) is 0.105. The van der Waals surface area contributed by atoms with Crippen LogP contribution in [0.3, 0.4) is 0 Å². The number of hydrogen-bond donors (Lipinski definition) is 1. The van der Waals surface area contributed by atoms with Gasteiger partial charge in [-0.15, -0.1) is 0 Å². The normalized spacial score (nSPS) is 18.8. The predicted molar refractivity (Wildman–Crippen MR) is 216 cm³/mol. The molecular formula is C39H73IO5Si2. The fraction of sp³-hybridized carbons (Fsp3) is 0.795. The lowest BCUT2D eigenvalue weighted by Gasteiger charge is -2.44. The Morgan fingerprint density at radius 2 is 1.32 bits per heavy atom. The molecule has 1 aromatic rings. The molecule has 8 heteroatoms. The summed E-state index contributed by atoms with van der Waals surface area (Å²) < 4.78 is 28.5. The van der Waals surface area contributed by atoms with Crippen molar-refractivity contribution in [3.63, 3.8) is 0 Å². The van der Waals surface area contributed by atoms with Crippen LogP contribution in [-0.4, -0.2) is 53.8 Å². The van der Waals surface area contributed by atoms with E-state index in [0.29, 0.717) is 24.4 Å². The molecule has 5 nitrogen and oxygen atoms in total. The van der Waals surface area contributed by atoms with Gasteiger partial charge in [0.25, 0.3) is 0 Å². The van der Waals surface area contributed by atoms with Gasteiger partial charge in [-0.25, -0.2) is 0 Å². The van der Waals surface area contributed by atoms with Crippen molar-refractivity contribution >= 4 is 39.2 Å². The van der Waals surface area contributed by atoms with Crippen molar-refractivity contribution in [1.29, 1.82) is 0 Å². The van der Waals surface area contributed by atoms with Crippen LogP contribution in [0.15, 0.2) is 34.4 Å². The second-order valence-corrected chi connectivity index (χ2v) is 27.7. The van der Waals surface area contributed by atoms with E-state index in [9.17, 15) is 5.11 Å². The van der Waals surface area contributed by atoms with Crippen molar-refractivity contribution in [1.82, 2.24) is 0 Å². The Labute approximate surface area is 306 Å². The van der Waals surface area contributed by atoms with Crippen LogP contribution >= 0.6 is 22.6 Å². The molecule has 8 atom stereocenters. The molecule has 0 aliphatic rings. The highest BCUT2D eigenvalue weighted by molar-refractivity contribution is 14.1. The second kappa shape index (κ2) is 19.4. The van der Waals surface area contributed by atoms with E-state index in [-0.39, 0.29) is 46.8 Å². The van der Waals surface area contributed by atoms with Crippen LogP contribution in [-0.2, 0) is 20.2 Å². The Morgan fingerprint density at radius 1 is 0.787 bits per heavy atom. The maximum Gasteiger partial charge on any atom is 0.192 e. The van der Waals surface area contributed by atoms with Crippen molar-refractivity contribution in [2.75, 3.05) is 13.7 Å². The van der Waals surface area contributed by atoms with Crippen molar-refractivity contribution in [3.05, 3.63) is 40.0 Å². The summed E-state index contributed by atoms with van der Waals surface area (Å²) >= 11 is 2.34. The third kappa shape index (κ3) is 14.1. The predicted octanol–water partition coefficient (Wildman–Crippen LogP) is 11.7. The summed E-state index contributed by atoms with van der Waals surface area (Å²) in [6.45, 7) is 35.4. The minimum atomic E-state index is -2.07. The lowest BCUT2D eigenvalue weighted by Crippen LogP contribution is -2.48. The Hall–Kier alpha value is -0.236. The van der Waals surface area contributed by atoms with Gasteiger partial charge in [-0.2, -0.15) is 0 Å². The number of hydrogen-bond acceptors (Lipinski definition) is 5. The van der Waals surface area contributed by atoms with Crippen LogP contribution in [0, 0.1) is 29.6 Å². The maximum absolute atomic E-state index is 10.3. The van der Waals surface area contributed by atoms with Crippen molar-refractivity contribution in [3.8, 4) is 5.75 Å². The van der Waals surface area contributed by atoms with Crippen LogP contribution in [0.1, 0.15) is 101 Å². The van der Waals surface area contributed by atoms with Gasteiger partial charge in [0.2, 0.25) is 0 Å². The van der Waals surface area contributed by atoms with Gasteiger partial charge in [-0.3, -0.25) is 0 Å². The summed E-state index contributed by atoms with van der Waals surface area (Å²) in [4.78, 5) is 0. The molecule has 0 spiro atoms. The maximum atomic E-state index is 10.3. The third-order valence-electron chi connectivity index (χ3n) is 11.2. The highest BCUT2D eigenvalue weighted by atomic mass is 127. The van der Waals surface area contributed by atoms with Gasteiger partial charge in [-0.05, 0) is 95.1 Å². The van der Waals surface area contributed by atoms with E-state index in [1.807, 2.05) is 12.1 Å². The van der Waals surface area contributed by atoms with E-state index in [4.69, 9.17) is 18.3 Å². The second-order valence-electron chi connectivity index (χ2n) is 17.5. The lowest BCUT2D eigenvalue weighted by molar-refractivity contribution is -0.0737. The molecule has 0 saturated carbocycles. The zero-order valence-corrected chi connectivity index (χ0v) is 37.2. The van der Waals surface area contributed by atoms with Gasteiger partial charge in [-0.1, -0.05) is 117 Å². The highest BCUT2D eigenvalue weighted by Gasteiger charge is 2.43. The molecule has 274 valence electrons. The number of ether oxygens (including phenoxy) is 2. The fourth-order valence-corrected chi connectivity index (χ4v) is 9.45. The Morgan fingerprint density at radius 3 is 1.79 bits per heavy atom. The Balaban J connectivity index is 3.23. The van der Waals surface area contributed by atoms with Gasteiger partial charge in [0.05, 0.1) is 32.0 Å². The summed E-state index contributed by atoms with van der Waals surface area (Å²) in [5.41, 5.74) is 1.10. The SMILES string of the molecule is COc1ccc(CO[C@H]([C@@H](C)[C@@H](CC[C@H](C)C[C@H](C)[C@H](O[Si](C)(C)C(C)(C)C)[C@H](C)/C=C\I)O[Si](C)(C)C(C)(C)C)[C@@H](C)CO)cc1. The van der Waals surface area contributed by atoms with Gasteiger partial charge in [0.15, 0.2) is 16.6 Å². The van der Waals surface area contributed by atoms with Gasteiger partial charge in [0.1, 0.15) is 5.75 Å². The average molecular weight is 805 g/mol. The van der Waals surface area contributed by atoms with Crippen molar-refractivity contribution < 1.29 is 23.4 Å². The summed E-state index contributed by atoms with van der Waals surface area (Å²) in [7, 11) is -2.31. The minimum Gasteiger partial charge on any atom is -0.497 e. The zero-order valence-electron chi connectivity index (χ0n) is 33.1. The summed E-state index contributed by atoms with van der Waals surface area (Å²) in [6.07, 6.45) is 5.58. The van der Waals surface area contributed by atoms with E-state index in [0.717, 1.165) is 30.6 Å². The number of methoxy groups -OCH3 is 1. The number of aliphatic hydroxyl groups is 1. The molecule has 0 heterocycles. The lowest BCUT2D eigenvalue weighted by atomic mass is 9.83. The van der Waals surface area contributed by atoms with E-state index >= 15 is 0 Å². The largest absolute Gasteiger partial charge is 0.497 e. The molecule has 1 rings (SSSR count). The molecule has 0 radical (unpaired) electrons.